The summed E-state index contributed by atoms with van der Waals surface area (Å²) in [4.78, 5) is 26.6. The molecule has 1 aliphatic heterocycles. The lowest BCUT2D eigenvalue weighted by Crippen LogP contribution is -2.46. The molecule has 0 spiro atoms. The van der Waals surface area contributed by atoms with Crippen molar-refractivity contribution in [1.29, 1.82) is 0 Å². The molecule has 1 saturated heterocycles. The van der Waals surface area contributed by atoms with Crippen LogP contribution >= 0.6 is 0 Å². The van der Waals surface area contributed by atoms with E-state index in [1.165, 1.54) is 0 Å². The number of rotatable bonds is 6. The number of hydrogen-bond acceptors (Lipinski definition) is 6. The summed E-state index contributed by atoms with van der Waals surface area (Å²) in [6.45, 7) is 6.72. The van der Waals surface area contributed by atoms with E-state index in [2.05, 4.69) is 5.32 Å². The first-order valence-corrected chi connectivity index (χ1v) is 9.73. The molecule has 0 bridgehead atoms. The van der Waals surface area contributed by atoms with Gasteiger partial charge in [-0.25, -0.2) is 4.79 Å². The molecule has 29 heavy (non-hydrogen) atoms. The third kappa shape index (κ3) is 6.17. The van der Waals surface area contributed by atoms with Crippen molar-refractivity contribution >= 4 is 12.0 Å². The van der Waals surface area contributed by atoms with Crippen LogP contribution < -0.4 is 19.5 Å². The van der Waals surface area contributed by atoms with Gasteiger partial charge in [0.2, 0.25) is 5.91 Å². The summed E-state index contributed by atoms with van der Waals surface area (Å²) in [5, 5.41) is 2.95. The van der Waals surface area contributed by atoms with Crippen LogP contribution in [0.3, 0.4) is 0 Å². The molecule has 0 saturated carbocycles. The van der Waals surface area contributed by atoms with Gasteiger partial charge in [-0.15, -0.1) is 0 Å². The zero-order valence-corrected chi connectivity index (χ0v) is 18.2. The zero-order chi connectivity index (χ0) is 21.6. The molecule has 162 valence electrons. The molecule has 1 N–H and O–H groups in total. The standard InChI is InChI=1S/C21H32N2O6/c1-21(2,3)29-20(25)23-9-7-8-14(13-23)19(24)22-12-15-10-17(27-5)18(28-6)11-16(15)26-4/h10-11,14H,7-9,12-13H2,1-6H3,(H,22,24). The van der Waals surface area contributed by atoms with Crippen molar-refractivity contribution < 1.29 is 28.5 Å². The lowest BCUT2D eigenvalue weighted by molar-refractivity contribution is -0.126. The van der Waals surface area contributed by atoms with Crippen LogP contribution in [0.5, 0.6) is 17.2 Å². The van der Waals surface area contributed by atoms with Gasteiger partial charge in [-0.1, -0.05) is 0 Å². The molecule has 1 heterocycles. The molecule has 0 radical (unpaired) electrons. The number of hydrogen-bond donors (Lipinski definition) is 1. The van der Waals surface area contributed by atoms with Crippen molar-refractivity contribution in [2.24, 2.45) is 5.92 Å². The summed E-state index contributed by atoms with van der Waals surface area (Å²) in [5.41, 5.74) is 0.217. The van der Waals surface area contributed by atoms with Gasteiger partial charge in [0.05, 0.1) is 27.2 Å². The van der Waals surface area contributed by atoms with Crippen molar-refractivity contribution in [3.63, 3.8) is 0 Å². The maximum atomic E-state index is 12.7. The van der Waals surface area contributed by atoms with E-state index in [1.807, 2.05) is 20.8 Å². The Kier molecular flexibility index (Phi) is 7.59. The molecule has 1 aromatic rings. The third-order valence-electron chi connectivity index (χ3n) is 4.68. The number of piperidine rings is 1. The molecule has 1 unspecified atom stereocenters. The SMILES string of the molecule is COc1cc(OC)c(OC)cc1CNC(=O)C1CCCN(C(=O)OC(C)(C)C)C1. The first-order chi connectivity index (χ1) is 13.7. The van der Waals surface area contributed by atoms with Crippen molar-refractivity contribution in [2.75, 3.05) is 34.4 Å². The first kappa shape index (κ1) is 22.6. The van der Waals surface area contributed by atoms with E-state index in [0.29, 0.717) is 30.3 Å². The predicted molar refractivity (Wildman–Crippen MR) is 108 cm³/mol. The van der Waals surface area contributed by atoms with Crippen molar-refractivity contribution in [1.82, 2.24) is 10.2 Å². The number of methoxy groups -OCH3 is 3. The Labute approximate surface area is 172 Å². The monoisotopic (exact) mass is 408 g/mol. The summed E-state index contributed by atoms with van der Waals surface area (Å²) in [7, 11) is 4.67. The molecular formula is C21H32N2O6. The van der Waals surface area contributed by atoms with E-state index in [4.69, 9.17) is 18.9 Å². The van der Waals surface area contributed by atoms with Gasteiger partial charge in [-0.3, -0.25) is 4.79 Å². The highest BCUT2D eigenvalue weighted by Crippen LogP contribution is 2.34. The van der Waals surface area contributed by atoms with E-state index in [9.17, 15) is 9.59 Å². The highest BCUT2D eigenvalue weighted by Gasteiger charge is 2.31. The summed E-state index contributed by atoms with van der Waals surface area (Å²) < 4.78 is 21.4. The predicted octanol–water partition coefficient (Wildman–Crippen LogP) is 2.98. The molecule has 1 aliphatic rings. The van der Waals surface area contributed by atoms with Gasteiger partial charge in [-0.2, -0.15) is 0 Å². The van der Waals surface area contributed by atoms with E-state index in [-0.39, 0.29) is 24.5 Å². The van der Waals surface area contributed by atoms with Crippen LogP contribution in [0.4, 0.5) is 4.79 Å². The second kappa shape index (κ2) is 9.71. The topological polar surface area (TPSA) is 86.3 Å². The number of nitrogens with one attached hydrogen (secondary N) is 1. The zero-order valence-electron chi connectivity index (χ0n) is 18.2. The van der Waals surface area contributed by atoms with Gasteiger partial charge in [0, 0.05) is 31.3 Å². The number of carbonyl (C=O) groups is 2. The molecule has 0 aromatic heterocycles. The van der Waals surface area contributed by atoms with Crippen LogP contribution in [0.1, 0.15) is 39.2 Å². The van der Waals surface area contributed by atoms with Crippen molar-refractivity contribution in [3.8, 4) is 17.2 Å². The largest absolute Gasteiger partial charge is 0.496 e. The number of ether oxygens (including phenoxy) is 4. The van der Waals surface area contributed by atoms with Gasteiger partial charge < -0.3 is 29.2 Å². The minimum Gasteiger partial charge on any atom is -0.496 e. The summed E-state index contributed by atoms with van der Waals surface area (Å²) in [6, 6.07) is 3.51. The smallest absolute Gasteiger partial charge is 0.410 e. The number of carbonyl (C=O) groups excluding carboxylic acids is 2. The van der Waals surface area contributed by atoms with Crippen molar-refractivity contribution in [3.05, 3.63) is 17.7 Å². The molecule has 1 atom stereocenters. The molecule has 1 aromatic carbocycles. The lowest BCUT2D eigenvalue weighted by Gasteiger charge is -2.33. The van der Waals surface area contributed by atoms with Gasteiger partial charge in [-0.05, 0) is 39.7 Å². The third-order valence-corrected chi connectivity index (χ3v) is 4.68. The average Bonchev–Trinajstić information content (AvgIpc) is 2.70. The van der Waals surface area contributed by atoms with E-state index in [0.717, 1.165) is 18.4 Å². The quantitative estimate of drug-likeness (QED) is 0.779. The minimum atomic E-state index is -0.559. The Bertz CT molecular complexity index is 729. The second-order valence-electron chi connectivity index (χ2n) is 8.00. The highest BCUT2D eigenvalue weighted by molar-refractivity contribution is 5.80. The molecule has 1 fully saturated rings. The Morgan fingerprint density at radius 2 is 1.69 bits per heavy atom. The number of benzene rings is 1. The second-order valence-corrected chi connectivity index (χ2v) is 8.00. The molecule has 0 aliphatic carbocycles. The number of nitrogens with zero attached hydrogens (tertiary/aromatic N) is 1. The fourth-order valence-corrected chi connectivity index (χ4v) is 3.24. The molecule has 8 nitrogen and oxygen atoms in total. The maximum absolute atomic E-state index is 12.7. The molecule has 2 amide bonds. The van der Waals surface area contributed by atoms with Crippen LogP contribution in [-0.2, 0) is 16.1 Å². The van der Waals surface area contributed by atoms with Crippen LogP contribution in [-0.4, -0.2) is 56.9 Å². The summed E-state index contributed by atoms with van der Waals surface area (Å²) in [6.07, 6.45) is 1.11. The van der Waals surface area contributed by atoms with Gasteiger partial charge in [0.25, 0.3) is 0 Å². The maximum Gasteiger partial charge on any atom is 0.410 e. The lowest BCUT2D eigenvalue weighted by atomic mass is 9.97. The highest BCUT2D eigenvalue weighted by atomic mass is 16.6. The minimum absolute atomic E-state index is 0.102. The van der Waals surface area contributed by atoms with E-state index < -0.39 is 5.60 Å². The fraction of sp³-hybridized carbons (Fsp3) is 0.619. The van der Waals surface area contributed by atoms with Crippen LogP contribution in [0.15, 0.2) is 12.1 Å². The van der Waals surface area contributed by atoms with Crippen LogP contribution in [0.25, 0.3) is 0 Å². The number of likely N-dealkylation sites (tertiary alicyclic amines) is 1. The van der Waals surface area contributed by atoms with Crippen LogP contribution in [0, 0.1) is 5.92 Å². The van der Waals surface area contributed by atoms with Gasteiger partial charge >= 0.3 is 6.09 Å². The summed E-state index contributed by atoms with van der Waals surface area (Å²) >= 11 is 0. The summed E-state index contributed by atoms with van der Waals surface area (Å²) in [5.74, 6) is 1.34. The van der Waals surface area contributed by atoms with Crippen LogP contribution in [0.2, 0.25) is 0 Å². The molecule has 8 heteroatoms. The Hall–Kier alpha value is -2.64. The Morgan fingerprint density at radius 1 is 1.07 bits per heavy atom. The van der Waals surface area contributed by atoms with E-state index in [1.54, 1.807) is 38.4 Å². The van der Waals surface area contributed by atoms with Gasteiger partial charge in [0.1, 0.15) is 11.4 Å². The average molecular weight is 408 g/mol. The first-order valence-electron chi connectivity index (χ1n) is 9.73. The molecule has 2 rings (SSSR count). The van der Waals surface area contributed by atoms with Gasteiger partial charge in [0.15, 0.2) is 11.5 Å². The normalized spacial score (nSPS) is 16.8. The Morgan fingerprint density at radius 3 is 2.28 bits per heavy atom. The Balaban J connectivity index is 2.01. The van der Waals surface area contributed by atoms with Crippen molar-refractivity contribution in [2.45, 2.75) is 45.8 Å². The van der Waals surface area contributed by atoms with E-state index >= 15 is 0 Å². The fourth-order valence-electron chi connectivity index (χ4n) is 3.24. The molecular weight excluding hydrogens is 376 g/mol. The number of amides is 2.